The van der Waals surface area contributed by atoms with Crippen LogP contribution in [0.25, 0.3) is 16.6 Å². The van der Waals surface area contributed by atoms with E-state index in [1.165, 1.54) is 0 Å². The Morgan fingerprint density at radius 1 is 1.16 bits per heavy atom. The number of aryl methyl sites for hydroxylation is 3. The topological polar surface area (TPSA) is 96.7 Å². The number of aromatic amines is 1. The number of amides is 1. The van der Waals surface area contributed by atoms with Crippen LogP contribution < -0.4 is 15.8 Å². The maximum Gasteiger partial charge on any atom is 0.253 e. The number of pyridine rings is 2. The third-order valence-electron chi connectivity index (χ3n) is 7.56. The Morgan fingerprint density at radius 2 is 1.92 bits per heavy atom. The summed E-state index contributed by atoms with van der Waals surface area (Å²) in [5, 5.41) is 7.34. The van der Waals surface area contributed by atoms with Gasteiger partial charge < -0.3 is 24.3 Å². The van der Waals surface area contributed by atoms with Crippen molar-refractivity contribution in [1.29, 1.82) is 0 Å². The average molecular weight is 517 g/mol. The van der Waals surface area contributed by atoms with Gasteiger partial charge in [-0.05, 0) is 64.3 Å². The molecule has 0 saturated carbocycles. The van der Waals surface area contributed by atoms with E-state index in [2.05, 4.69) is 43.9 Å². The van der Waals surface area contributed by atoms with Gasteiger partial charge in [0.15, 0.2) is 0 Å². The van der Waals surface area contributed by atoms with Gasteiger partial charge in [-0.1, -0.05) is 0 Å². The third kappa shape index (κ3) is 4.86. The van der Waals surface area contributed by atoms with E-state index in [0.29, 0.717) is 17.2 Å². The van der Waals surface area contributed by atoms with Crippen molar-refractivity contribution in [3.63, 3.8) is 0 Å². The summed E-state index contributed by atoms with van der Waals surface area (Å²) in [7, 11) is 1.90. The van der Waals surface area contributed by atoms with Gasteiger partial charge in [-0.2, -0.15) is 5.10 Å². The second-order valence-electron chi connectivity index (χ2n) is 10.2. The summed E-state index contributed by atoms with van der Waals surface area (Å²) in [5.41, 5.74) is 6.59. The van der Waals surface area contributed by atoms with Crippen LogP contribution in [-0.2, 0) is 18.3 Å². The number of aromatic nitrogens is 4. The highest BCUT2D eigenvalue weighted by molar-refractivity contribution is 5.98. The number of H-pyrrole nitrogens is 1. The smallest absolute Gasteiger partial charge is 0.253 e. The first-order chi connectivity index (χ1) is 18.3. The lowest BCUT2D eigenvalue weighted by molar-refractivity contribution is 0.0844. The SMILES string of the molecule is CCN(c1c(C)c(C(=O)NCc2c(C)cc(C)[nH]c2=O)cc2cc(-c3cnn(C)c3)cn12)C1CCOCC1. The van der Waals surface area contributed by atoms with E-state index in [-0.39, 0.29) is 18.0 Å². The van der Waals surface area contributed by atoms with Crippen LogP contribution in [0.4, 0.5) is 5.82 Å². The van der Waals surface area contributed by atoms with Crippen LogP contribution >= 0.6 is 0 Å². The molecule has 5 rings (SSSR count). The molecule has 4 aromatic rings. The predicted molar refractivity (Wildman–Crippen MR) is 149 cm³/mol. The van der Waals surface area contributed by atoms with E-state index < -0.39 is 0 Å². The van der Waals surface area contributed by atoms with Crippen LogP contribution in [0.5, 0.6) is 0 Å². The van der Waals surface area contributed by atoms with E-state index >= 15 is 0 Å². The summed E-state index contributed by atoms with van der Waals surface area (Å²) < 4.78 is 9.63. The van der Waals surface area contributed by atoms with Crippen molar-refractivity contribution >= 4 is 17.2 Å². The van der Waals surface area contributed by atoms with Crippen molar-refractivity contribution in [2.24, 2.45) is 7.05 Å². The number of anilines is 1. The summed E-state index contributed by atoms with van der Waals surface area (Å²) >= 11 is 0. The molecule has 1 fully saturated rings. The molecule has 0 atom stereocenters. The molecule has 4 aromatic heterocycles. The van der Waals surface area contributed by atoms with Crippen LogP contribution in [0.15, 0.2) is 41.6 Å². The fourth-order valence-corrected chi connectivity index (χ4v) is 5.59. The summed E-state index contributed by atoms with van der Waals surface area (Å²) in [4.78, 5) is 31.4. The zero-order chi connectivity index (χ0) is 27.0. The normalized spacial score (nSPS) is 14.2. The average Bonchev–Trinajstić information content (AvgIpc) is 3.51. The van der Waals surface area contributed by atoms with Gasteiger partial charge in [0.05, 0.1) is 6.20 Å². The number of hydrogen-bond donors (Lipinski definition) is 2. The Kier molecular flexibility index (Phi) is 7.12. The van der Waals surface area contributed by atoms with Gasteiger partial charge in [0, 0.05) is 90.8 Å². The maximum atomic E-state index is 13.6. The summed E-state index contributed by atoms with van der Waals surface area (Å²) in [6.45, 7) is 10.4. The standard InChI is InChI=1S/C29H36N6O3/c1-6-34(23-7-9-38-10-8-23)29-20(4)25(27(36)30-15-26-18(2)11-19(3)32-28(26)37)13-24-12-21(17-35(24)29)22-14-31-33(5)16-22/h11-14,16-17,23H,6-10,15H2,1-5H3,(H,30,36)(H,32,37). The fourth-order valence-electron chi connectivity index (χ4n) is 5.59. The molecule has 5 heterocycles. The fraction of sp³-hybridized carbons (Fsp3) is 0.414. The van der Waals surface area contributed by atoms with E-state index in [0.717, 1.165) is 71.9 Å². The van der Waals surface area contributed by atoms with E-state index in [4.69, 9.17) is 4.74 Å². The summed E-state index contributed by atoms with van der Waals surface area (Å²) in [5.74, 6) is 0.819. The highest BCUT2D eigenvalue weighted by Crippen LogP contribution is 2.33. The first kappa shape index (κ1) is 25.8. The van der Waals surface area contributed by atoms with Gasteiger partial charge in [0.1, 0.15) is 5.82 Å². The molecule has 1 aliphatic heterocycles. The molecular weight excluding hydrogens is 480 g/mol. The van der Waals surface area contributed by atoms with Gasteiger partial charge in [-0.3, -0.25) is 14.3 Å². The molecule has 0 unspecified atom stereocenters. The molecule has 0 bridgehead atoms. The van der Waals surface area contributed by atoms with Crippen molar-refractivity contribution in [2.75, 3.05) is 24.7 Å². The maximum absolute atomic E-state index is 13.6. The lowest BCUT2D eigenvalue weighted by Gasteiger charge is -2.37. The van der Waals surface area contributed by atoms with Gasteiger partial charge in [-0.15, -0.1) is 0 Å². The minimum Gasteiger partial charge on any atom is -0.381 e. The number of nitrogens with one attached hydrogen (secondary N) is 2. The quantitative estimate of drug-likeness (QED) is 0.389. The van der Waals surface area contributed by atoms with Crippen LogP contribution in [0.2, 0.25) is 0 Å². The second kappa shape index (κ2) is 10.5. The Hall–Kier alpha value is -3.85. The highest BCUT2D eigenvalue weighted by Gasteiger charge is 2.27. The molecule has 0 spiro atoms. The van der Waals surface area contributed by atoms with Crippen molar-refractivity contribution in [3.8, 4) is 11.1 Å². The molecular formula is C29H36N6O3. The number of carbonyl (C=O) groups excluding carboxylic acids is 1. The minimum atomic E-state index is -0.196. The first-order valence-corrected chi connectivity index (χ1v) is 13.2. The molecule has 9 nitrogen and oxygen atoms in total. The minimum absolute atomic E-state index is 0.166. The van der Waals surface area contributed by atoms with E-state index in [1.54, 1.807) is 4.68 Å². The van der Waals surface area contributed by atoms with Crippen LogP contribution in [-0.4, -0.2) is 50.9 Å². The summed E-state index contributed by atoms with van der Waals surface area (Å²) in [6, 6.07) is 6.29. The number of rotatable bonds is 7. The van der Waals surface area contributed by atoms with Crippen molar-refractivity contribution in [3.05, 3.63) is 75.1 Å². The number of hydrogen-bond acceptors (Lipinski definition) is 5. The number of nitrogens with zero attached hydrogens (tertiary/aromatic N) is 4. The Balaban J connectivity index is 1.58. The van der Waals surface area contributed by atoms with Crippen molar-refractivity contribution in [2.45, 2.75) is 53.1 Å². The molecule has 0 radical (unpaired) electrons. The van der Waals surface area contributed by atoms with Gasteiger partial charge in [-0.25, -0.2) is 0 Å². The summed E-state index contributed by atoms with van der Waals surface area (Å²) in [6.07, 6.45) is 7.86. The van der Waals surface area contributed by atoms with E-state index in [9.17, 15) is 9.59 Å². The van der Waals surface area contributed by atoms with Crippen molar-refractivity contribution in [1.82, 2.24) is 24.5 Å². The largest absolute Gasteiger partial charge is 0.381 e. The Morgan fingerprint density at radius 3 is 2.58 bits per heavy atom. The first-order valence-electron chi connectivity index (χ1n) is 13.2. The monoisotopic (exact) mass is 516 g/mol. The van der Waals surface area contributed by atoms with Gasteiger partial charge >= 0.3 is 0 Å². The molecule has 2 N–H and O–H groups in total. The molecule has 0 aromatic carbocycles. The third-order valence-corrected chi connectivity index (χ3v) is 7.56. The van der Waals surface area contributed by atoms with Crippen molar-refractivity contribution < 1.29 is 9.53 Å². The lowest BCUT2D eigenvalue weighted by atomic mass is 10.0. The zero-order valence-electron chi connectivity index (χ0n) is 22.8. The van der Waals surface area contributed by atoms with Crippen LogP contribution in [0, 0.1) is 20.8 Å². The molecule has 1 aliphatic rings. The van der Waals surface area contributed by atoms with Crippen LogP contribution in [0.3, 0.4) is 0 Å². The zero-order valence-corrected chi connectivity index (χ0v) is 22.8. The number of ether oxygens (including phenoxy) is 1. The molecule has 200 valence electrons. The molecule has 9 heteroatoms. The number of carbonyl (C=O) groups is 1. The molecule has 38 heavy (non-hydrogen) atoms. The number of fused-ring (bicyclic) bond motifs is 1. The molecule has 0 aliphatic carbocycles. The second-order valence-corrected chi connectivity index (χ2v) is 10.2. The van der Waals surface area contributed by atoms with E-state index in [1.807, 2.05) is 52.3 Å². The predicted octanol–water partition coefficient (Wildman–Crippen LogP) is 3.89. The van der Waals surface area contributed by atoms with Gasteiger partial charge in [0.2, 0.25) is 0 Å². The Bertz CT molecular complexity index is 1540. The highest BCUT2D eigenvalue weighted by atomic mass is 16.5. The lowest BCUT2D eigenvalue weighted by Crippen LogP contribution is -2.41. The molecule has 1 amide bonds. The van der Waals surface area contributed by atoms with Crippen LogP contribution in [0.1, 0.15) is 52.5 Å². The van der Waals surface area contributed by atoms with Gasteiger partial charge in [0.25, 0.3) is 11.5 Å². The molecule has 1 saturated heterocycles. The Labute approximate surface area is 222 Å².